The number of para-hydroxylation sites is 2. The average Bonchev–Trinajstić information content (AvgIpc) is 2.49. The maximum atomic E-state index is 12.6. The molecule has 1 aliphatic heterocycles. The second-order valence-corrected chi connectivity index (χ2v) is 7.92. The van der Waals surface area contributed by atoms with Gasteiger partial charge >= 0.3 is 0 Å². The molecule has 128 valence electrons. The van der Waals surface area contributed by atoms with Gasteiger partial charge in [-0.05, 0) is 32.4 Å². The number of amides is 1. The van der Waals surface area contributed by atoms with Crippen LogP contribution in [0.15, 0.2) is 24.3 Å². The van der Waals surface area contributed by atoms with Gasteiger partial charge in [-0.25, -0.2) is 0 Å². The molecule has 1 aliphatic rings. The fourth-order valence-electron chi connectivity index (χ4n) is 2.51. The Bertz CT molecular complexity index is 670. The molecule has 0 radical (unpaired) electrons. The molecule has 1 N–H and O–H groups in total. The van der Waals surface area contributed by atoms with Gasteiger partial charge in [-0.1, -0.05) is 25.5 Å². The molecule has 1 aromatic carbocycles. The van der Waals surface area contributed by atoms with Crippen molar-refractivity contribution < 1.29 is 17.4 Å². The van der Waals surface area contributed by atoms with E-state index in [1.807, 2.05) is 31.2 Å². The monoisotopic (exact) mass is 340 g/mol. The van der Waals surface area contributed by atoms with E-state index < -0.39 is 15.7 Å². The molecule has 0 aromatic heterocycles. The molecule has 1 aromatic rings. The number of anilines is 2. The first-order valence-corrected chi connectivity index (χ1v) is 9.41. The number of hydrogen-bond donors (Lipinski definition) is 1. The van der Waals surface area contributed by atoms with Crippen molar-refractivity contribution in [2.75, 3.05) is 29.1 Å². The Morgan fingerprint density at radius 2 is 1.96 bits per heavy atom. The molecule has 0 saturated carbocycles. The molecule has 0 spiro atoms. The Morgan fingerprint density at radius 3 is 2.65 bits per heavy atom. The number of unbranched alkanes of at least 4 members (excludes halogenated alkanes) is 1. The average molecular weight is 340 g/mol. The van der Waals surface area contributed by atoms with Crippen LogP contribution in [0.1, 0.15) is 33.6 Å². The van der Waals surface area contributed by atoms with Crippen LogP contribution in [-0.2, 0) is 19.1 Å². The van der Waals surface area contributed by atoms with Gasteiger partial charge in [0.05, 0.1) is 30.3 Å². The summed E-state index contributed by atoms with van der Waals surface area (Å²) in [6.45, 7) is 5.69. The van der Waals surface area contributed by atoms with Crippen molar-refractivity contribution >= 4 is 27.4 Å². The molecule has 0 saturated heterocycles. The van der Waals surface area contributed by atoms with Gasteiger partial charge in [-0.2, -0.15) is 8.42 Å². The fourth-order valence-corrected chi connectivity index (χ4v) is 3.60. The van der Waals surface area contributed by atoms with Crippen molar-refractivity contribution in [1.29, 1.82) is 0 Å². The molecule has 7 heteroatoms. The quantitative estimate of drug-likeness (QED) is 0.771. The van der Waals surface area contributed by atoms with E-state index in [0.29, 0.717) is 6.42 Å². The Morgan fingerprint density at radius 1 is 1.26 bits per heavy atom. The summed E-state index contributed by atoms with van der Waals surface area (Å²) in [7, 11) is -3.52. The molecule has 23 heavy (non-hydrogen) atoms. The van der Waals surface area contributed by atoms with Crippen LogP contribution in [0.4, 0.5) is 11.4 Å². The second-order valence-electron chi connectivity index (χ2n) is 6.16. The molecule has 0 fully saturated rings. The van der Waals surface area contributed by atoms with E-state index in [2.05, 4.69) is 5.32 Å². The van der Waals surface area contributed by atoms with E-state index in [1.165, 1.54) is 0 Å². The molecule has 0 unspecified atom stereocenters. The molecular weight excluding hydrogens is 316 g/mol. The van der Waals surface area contributed by atoms with Crippen LogP contribution in [0.5, 0.6) is 0 Å². The highest BCUT2D eigenvalue weighted by Crippen LogP contribution is 2.34. The lowest BCUT2D eigenvalue weighted by Gasteiger charge is -2.39. The number of fused-ring (bicyclic) bond motifs is 1. The first kappa shape index (κ1) is 17.7. The number of benzene rings is 1. The Balaban J connectivity index is 2.08. The summed E-state index contributed by atoms with van der Waals surface area (Å²) in [5.74, 6) is -0.0908. The van der Waals surface area contributed by atoms with Crippen molar-refractivity contribution in [3.8, 4) is 0 Å². The molecule has 6 nitrogen and oxygen atoms in total. The third kappa shape index (κ3) is 4.23. The number of nitrogens with one attached hydrogen (secondary N) is 1. The fraction of sp³-hybridized carbons (Fsp3) is 0.562. The van der Waals surface area contributed by atoms with Crippen LogP contribution in [0.25, 0.3) is 0 Å². The highest BCUT2D eigenvalue weighted by molar-refractivity contribution is 7.86. The minimum Gasteiger partial charge on any atom is -0.370 e. The van der Waals surface area contributed by atoms with Gasteiger partial charge in [0.25, 0.3) is 16.0 Å². The van der Waals surface area contributed by atoms with E-state index in [9.17, 15) is 13.2 Å². The van der Waals surface area contributed by atoms with Crippen LogP contribution >= 0.6 is 0 Å². The maximum absolute atomic E-state index is 12.6. The summed E-state index contributed by atoms with van der Waals surface area (Å²) in [6.07, 6.45) is 1.37. The zero-order chi connectivity index (χ0) is 17.1. The first-order chi connectivity index (χ1) is 10.8. The van der Waals surface area contributed by atoms with Gasteiger partial charge in [0.15, 0.2) is 0 Å². The van der Waals surface area contributed by atoms with Gasteiger partial charge < -0.3 is 10.2 Å². The number of hydrogen-bond acceptors (Lipinski definition) is 5. The van der Waals surface area contributed by atoms with Crippen molar-refractivity contribution in [3.05, 3.63) is 24.3 Å². The Hall–Kier alpha value is -1.60. The molecule has 1 amide bonds. The molecule has 0 atom stereocenters. The van der Waals surface area contributed by atoms with Gasteiger partial charge in [0.1, 0.15) is 5.54 Å². The second kappa shape index (κ2) is 6.88. The van der Waals surface area contributed by atoms with Crippen molar-refractivity contribution in [3.63, 3.8) is 0 Å². The van der Waals surface area contributed by atoms with E-state index in [4.69, 9.17) is 4.18 Å². The summed E-state index contributed by atoms with van der Waals surface area (Å²) in [6, 6.07) is 7.47. The summed E-state index contributed by atoms with van der Waals surface area (Å²) >= 11 is 0. The summed E-state index contributed by atoms with van der Waals surface area (Å²) in [4.78, 5) is 14.2. The lowest BCUT2D eigenvalue weighted by Crippen LogP contribution is -2.54. The lowest BCUT2D eigenvalue weighted by atomic mass is 9.98. The van der Waals surface area contributed by atoms with Crippen LogP contribution < -0.4 is 10.2 Å². The van der Waals surface area contributed by atoms with E-state index in [1.54, 1.807) is 18.7 Å². The third-order valence-electron chi connectivity index (χ3n) is 3.75. The predicted octanol–water partition coefficient (Wildman–Crippen LogP) is 2.37. The van der Waals surface area contributed by atoms with E-state index in [-0.39, 0.29) is 24.8 Å². The Labute approximate surface area is 137 Å². The maximum Gasteiger partial charge on any atom is 0.267 e. The smallest absolute Gasteiger partial charge is 0.267 e. The first-order valence-electron chi connectivity index (χ1n) is 7.83. The van der Waals surface area contributed by atoms with E-state index >= 15 is 0 Å². The predicted molar refractivity (Wildman–Crippen MR) is 91.1 cm³/mol. The number of carbonyl (C=O) groups is 1. The molecule has 2 rings (SSSR count). The number of nitrogens with zero attached hydrogens (tertiary/aromatic N) is 1. The molecule has 0 aliphatic carbocycles. The normalized spacial score (nSPS) is 16.8. The minimum atomic E-state index is -3.52. The molecule has 1 heterocycles. The molecular formula is C16H24N2O4S. The van der Waals surface area contributed by atoms with Crippen LogP contribution in [0.2, 0.25) is 0 Å². The van der Waals surface area contributed by atoms with Gasteiger partial charge in [0, 0.05) is 0 Å². The Kier molecular flexibility index (Phi) is 5.31. The van der Waals surface area contributed by atoms with Crippen molar-refractivity contribution in [1.82, 2.24) is 0 Å². The SMILES string of the molecule is CCCCS(=O)(=O)OCCN1C(=O)C(C)(C)Nc2ccccc21. The largest absolute Gasteiger partial charge is 0.370 e. The van der Waals surface area contributed by atoms with E-state index in [0.717, 1.165) is 17.8 Å². The highest BCUT2D eigenvalue weighted by Gasteiger charge is 2.38. The number of carbonyl (C=O) groups excluding carboxylic acids is 1. The topological polar surface area (TPSA) is 75.7 Å². The van der Waals surface area contributed by atoms with Gasteiger partial charge in [0.2, 0.25) is 0 Å². The van der Waals surface area contributed by atoms with Crippen LogP contribution in [-0.4, -0.2) is 38.8 Å². The zero-order valence-electron chi connectivity index (χ0n) is 13.8. The molecule has 0 bridgehead atoms. The van der Waals surface area contributed by atoms with Crippen molar-refractivity contribution in [2.24, 2.45) is 0 Å². The van der Waals surface area contributed by atoms with Gasteiger partial charge in [-0.15, -0.1) is 0 Å². The summed E-state index contributed by atoms with van der Waals surface area (Å²) in [5, 5.41) is 3.20. The highest BCUT2D eigenvalue weighted by atomic mass is 32.2. The standard InChI is InChI=1S/C16H24N2O4S/c1-4-5-12-23(20,21)22-11-10-18-14-9-7-6-8-13(14)17-16(2,3)15(18)19/h6-9,17H,4-5,10-12H2,1-3H3. The lowest BCUT2D eigenvalue weighted by molar-refractivity contribution is -0.122. The number of rotatable bonds is 7. The third-order valence-corrected chi connectivity index (χ3v) is 5.06. The zero-order valence-corrected chi connectivity index (χ0v) is 14.6. The van der Waals surface area contributed by atoms with Gasteiger partial charge in [-0.3, -0.25) is 8.98 Å². The summed E-state index contributed by atoms with van der Waals surface area (Å²) < 4.78 is 28.5. The summed E-state index contributed by atoms with van der Waals surface area (Å²) in [5.41, 5.74) is 0.854. The van der Waals surface area contributed by atoms with Crippen molar-refractivity contribution in [2.45, 2.75) is 39.2 Å². The minimum absolute atomic E-state index is 0.0150. The van der Waals surface area contributed by atoms with Crippen LogP contribution in [0, 0.1) is 0 Å². The van der Waals surface area contributed by atoms with Crippen LogP contribution in [0.3, 0.4) is 0 Å².